The fourth-order valence-corrected chi connectivity index (χ4v) is 2.43. The van der Waals surface area contributed by atoms with Crippen molar-refractivity contribution in [3.63, 3.8) is 0 Å². The Kier molecular flexibility index (Phi) is 5.07. The molecule has 0 fully saturated rings. The molecule has 3 rings (SSSR count). The molecule has 1 aliphatic rings. The van der Waals surface area contributed by atoms with Crippen LogP contribution in [0.15, 0.2) is 56.6 Å². The molecule has 0 aromatic heterocycles. The van der Waals surface area contributed by atoms with Gasteiger partial charge in [-0.05, 0) is 19.1 Å². The Morgan fingerprint density at radius 1 is 1.18 bits per heavy atom. The van der Waals surface area contributed by atoms with Crippen LogP contribution in [0.1, 0.15) is 13.3 Å². The minimum atomic E-state index is -0.854. The van der Waals surface area contributed by atoms with Crippen molar-refractivity contribution >= 4 is 40.5 Å². The number of carbonyl (C=O) groups excluding carboxylic acids is 3. The number of amides is 3. The number of benzene rings is 2. The summed E-state index contributed by atoms with van der Waals surface area (Å²) in [6.07, 6.45) is -0.482. The number of fused-ring (bicyclic) bond motifs is 1. The molecule has 2 aromatic rings. The van der Waals surface area contributed by atoms with Gasteiger partial charge in [0.2, 0.25) is 5.91 Å². The van der Waals surface area contributed by atoms with Crippen molar-refractivity contribution in [3.8, 4) is 0 Å². The number of nitro groups is 1. The first-order chi connectivity index (χ1) is 13.3. The Morgan fingerprint density at radius 2 is 1.89 bits per heavy atom. The molecule has 0 aliphatic carbocycles. The molecule has 0 saturated heterocycles. The van der Waals surface area contributed by atoms with E-state index in [0.29, 0.717) is 5.69 Å². The van der Waals surface area contributed by atoms with E-state index in [9.17, 15) is 24.5 Å². The summed E-state index contributed by atoms with van der Waals surface area (Å²) >= 11 is 0. The molecule has 0 unspecified atom stereocenters. The van der Waals surface area contributed by atoms with Crippen LogP contribution in [0.2, 0.25) is 0 Å². The van der Waals surface area contributed by atoms with Gasteiger partial charge in [-0.15, -0.1) is 5.11 Å². The maximum absolute atomic E-state index is 12.0. The maximum Gasteiger partial charge on any atom is 0.368 e. The van der Waals surface area contributed by atoms with Crippen LogP contribution >= 0.6 is 0 Å². The first kappa shape index (κ1) is 18.6. The Labute approximate surface area is 156 Å². The molecule has 11 heteroatoms. The molecule has 0 atom stereocenters. The van der Waals surface area contributed by atoms with Gasteiger partial charge in [-0.25, -0.2) is 4.79 Å². The van der Waals surface area contributed by atoms with Crippen molar-refractivity contribution in [1.82, 2.24) is 0 Å². The number of Topliss-reactive ketones (excluding diaryl/α,β-unsaturated/α-hetero) is 1. The summed E-state index contributed by atoms with van der Waals surface area (Å²) in [7, 11) is 0. The van der Waals surface area contributed by atoms with Crippen LogP contribution in [0.25, 0.3) is 0 Å². The molecular formula is C17H12N6O5. The first-order valence-corrected chi connectivity index (χ1v) is 7.94. The number of azo groups is 1. The van der Waals surface area contributed by atoms with Crippen LogP contribution in [0.3, 0.4) is 0 Å². The van der Waals surface area contributed by atoms with Crippen LogP contribution in [0.4, 0.5) is 27.5 Å². The topological polar surface area (TPSA) is 156 Å². The van der Waals surface area contributed by atoms with Crippen LogP contribution in [-0.2, 0) is 9.59 Å². The van der Waals surface area contributed by atoms with Crippen molar-refractivity contribution in [2.75, 3.05) is 5.32 Å². The molecule has 1 aliphatic heterocycles. The Morgan fingerprint density at radius 3 is 2.54 bits per heavy atom. The molecule has 0 radical (unpaired) electrons. The number of nitro benzene ring substituents is 1. The zero-order valence-corrected chi connectivity index (χ0v) is 14.4. The second-order valence-corrected chi connectivity index (χ2v) is 5.71. The van der Waals surface area contributed by atoms with Gasteiger partial charge in [0.15, 0.2) is 0 Å². The number of urea groups is 1. The lowest BCUT2D eigenvalue weighted by atomic mass is 10.2. The number of anilines is 1. The van der Waals surface area contributed by atoms with E-state index in [0.717, 1.165) is 6.07 Å². The van der Waals surface area contributed by atoms with Crippen LogP contribution in [0, 0.1) is 10.1 Å². The van der Waals surface area contributed by atoms with Crippen molar-refractivity contribution in [1.29, 1.82) is 0 Å². The Balaban J connectivity index is 2.21. The zero-order valence-electron chi connectivity index (χ0n) is 14.4. The molecule has 0 saturated carbocycles. The smallest absolute Gasteiger partial charge is 0.318 e. The maximum atomic E-state index is 12.0. The van der Waals surface area contributed by atoms with Gasteiger partial charge < -0.3 is 5.32 Å². The highest BCUT2D eigenvalue weighted by molar-refractivity contribution is 6.06. The van der Waals surface area contributed by atoms with Gasteiger partial charge in [-0.2, -0.15) is 15.1 Å². The highest BCUT2D eigenvalue weighted by atomic mass is 16.6. The minimum Gasteiger partial charge on any atom is -0.318 e. The molecule has 3 amide bonds. The third-order valence-corrected chi connectivity index (χ3v) is 3.55. The summed E-state index contributed by atoms with van der Waals surface area (Å²) in [6.45, 7) is 1.21. The Bertz CT molecular complexity index is 1160. The average Bonchev–Trinajstić information content (AvgIpc) is 3.00. The SMILES string of the molecule is CC(=O)CC(=O)Nc1c([N+](=O)[O-])cc2c(c1N=Nc1ccccc1)=NC(=O)N=2. The summed E-state index contributed by atoms with van der Waals surface area (Å²) in [5.41, 5.74) is -0.626. The van der Waals surface area contributed by atoms with Crippen molar-refractivity contribution < 1.29 is 19.3 Å². The quantitative estimate of drug-likeness (QED) is 0.352. The molecule has 1 heterocycles. The zero-order chi connectivity index (χ0) is 20.3. The number of hydrogen-bond donors (Lipinski definition) is 1. The minimum absolute atomic E-state index is 0.0478. The van der Waals surface area contributed by atoms with E-state index in [4.69, 9.17) is 0 Å². The third-order valence-electron chi connectivity index (χ3n) is 3.55. The van der Waals surface area contributed by atoms with Gasteiger partial charge >= 0.3 is 6.03 Å². The van der Waals surface area contributed by atoms with Crippen LogP contribution in [0.5, 0.6) is 0 Å². The van der Waals surface area contributed by atoms with E-state index in [1.807, 2.05) is 0 Å². The molecule has 0 spiro atoms. The molecule has 0 bridgehead atoms. The standard InChI is InChI=1S/C17H12N6O5/c1-9(24)7-13(25)19-15-12(23(27)28)8-11-14(20-17(26)18-11)16(15)22-21-10-5-3-2-4-6-10/h2-6,8H,7H2,1H3,(H,19,25). The van der Waals surface area contributed by atoms with Crippen molar-refractivity contribution in [2.45, 2.75) is 13.3 Å². The molecule has 2 aromatic carbocycles. The summed E-state index contributed by atoms with van der Waals surface area (Å²) in [6, 6.07) is 8.63. The summed E-state index contributed by atoms with van der Waals surface area (Å²) < 4.78 is 0. The van der Waals surface area contributed by atoms with Crippen LogP contribution < -0.4 is 16.0 Å². The van der Waals surface area contributed by atoms with E-state index in [1.54, 1.807) is 30.3 Å². The second-order valence-electron chi connectivity index (χ2n) is 5.71. The predicted molar refractivity (Wildman–Crippen MR) is 95.4 cm³/mol. The molecular weight excluding hydrogens is 368 g/mol. The van der Waals surface area contributed by atoms with Gasteiger partial charge in [0.05, 0.1) is 17.0 Å². The van der Waals surface area contributed by atoms with Crippen molar-refractivity contribution in [3.05, 3.63) is 57.2 Å². The molecule has 140 valence electrons. The van der Waals surface area contributed by atoms with Gasteiger partial charge in [0.1, 0.15) is 27.9 Å². The van der Waals surface area contributed by atoms with E-state index in [2.05, 4.69) is 25.5 Å². The van der Waals surface area contributed by atoms with Gasteiger partial charge in [-0.1, -0.05) is 18.2 Å². The first-order valence-electron chi connectivity index (χ1n) is 7.94. The lowest BCUT2D eigenvalue weighted by Crippen LogP contribution is -2.26. The molecule has 1 N–H and O–H groups in total. The monoisotopic (exact) mass is 380 g/mol. The van der Waals surface area contributed by atoms with E-state index in [-0.39, 0.29) is 22.1 Å². The normalized spacial score (nSPS) is 12.2. The number of ketones is 1. The molecule has 28 heavy (non-hydrogen) atoms. The van der Waals surface area contributed by atoms with Gasteiger partial charge in [0, 0.05) is 6.07 Å². The van der Waals surface area contributed by atoms with E-state index >= 15 is 0 Å². The predicted octanol–water partition coefficient (Wildman–Crippen LogP) is 2.30. The number of nitrogens with one attached hydrogen (secondary N) is 1. The summed E-state index contributed by atoms with van der Waals surface area (Å²) in [5.74, 6) is -1.20. The fourth-order valence-electron chi connectivity index (χ4n) is 2.43. The second kappa shape index (κ2) is 7.61. The third kappa shape index (κ3) is 3.98. The Hall–Kier alpha value is -4.15. The number of nitrogens with zero attached hydrogens (tertiary/aromatic N) is 5. The number of carbonyl (C=O) groups is 3. The van der Waals surface area contributed by atoms with Gasteiger partial charge in [-0.3, -0.25) is 19.7 Å². The number of hydrogen-bond acceptors (Lipinski definition) is 7. The highest BCUT2D eigenvalue weighted by Crippen LogP contribution is 2.32. The fraction of sp³-hybridized carbons (Fsp3) is 0.118. The van der Waals surface area contributed by atoms with Crippen LogP contribution in [-0.4, -0.2) is 22.6 Å². The van der Waals surface area contributed by atoms with Crippen molar-refractivity contribution in [2.24, 2.45) is 20.2 Å². The van der Waals surface area contributed by atoms with E-state index in [1.165, 1.54) is 6.92 Å². The lowest BCUT2D eigenvalue weighted by molar-refractivity contribution is -0.384. The van der Waals surface area contributed by atoms with Gasteiger partial charge in [0.25, 0.3) is 5.69 Å². The lowest BCUT2D eigenvalue weighted by Gasteiger charge is -2.07. The number of rotatable bonds is 6. The molecule has 11 nitrogen and oxygen atoms in total. The largest absolute Gasteiger partial charge is 0.368 e. The average molecular weight is 380 g/mol. The summed E-state index contributed by atoms with van der Waals surface area (Å²) in [4.78, 5) is 52.8. The summed E-state index contributed by atoms with van der Waals surface area (Å²) in [5, 5.41) is 21.6. The van der Waals surface area contributed by atoms with E-state index < -0.39 is 34.8 Å². The highest BCUT2D eigenvalue weighted by Gasteiger charge is 2.26.